The number of rotatable bonds is 2. The summed E-state index contributed by atoms with van der Waals surface area (Å²) in [4.78, 5) is 14.0. The Bertz CT molecular complexity index is 373. The van der Waals surface area contributed by atoms with Crippen LogP contribution in [0.5, 0.6) is 0 Å². The van der Waals surface area contributed by atoms with E-state index in [1.807, 2.05) is 4.90 Å². The van der Waals surface area contributed by atoms with Gasteiger partial charge in [0.15, 0.2) is 5.69 Å². The molecule has 0 saturated carbocycles. The van der Waals surface area contributed by atoms with Crippen LogP contribution in [-0.4, -0.2) is 29.1 Å². The van der Waals surface area contributed by atoms with Crippen LogP contribution < -0.4 is 0 Å². The summed E-state index contributed by atoms with van der Waals surface area (Å²) in [7, 11) is 0. The Morgan fingerprint density at radius 1 is 1.69 bits per heavy atom. The van der Waals surface area contributed by atoms with Crippen LogP contribution in [0.3, 0.4) is 0 Å². The van der Waals surface area contributed by atoms with Gasteiger partial charge in [0.25, 0.3) is 5.91 Å². The topological polar surface area (TPSA) is 46.3 Å². The van der Waals surface area contributed by atoms with E-state index in [2.05, 4.69) is 12.1 Å². The number of hydrogen-bond acceptors (Lipinski definition) is 3. The summed E-state index contributed by atoms with van der Waals surface area (Å²) in [5.41, 5.74) is 0.439. The molecule has 4 heteroatoms. The molecule has 1 unspecified atom stereocenters. The van der Waals surface area contributed by atoms with E-state index < -0.39 is 0 Å². The zero-order valence-corrected chi connectivity index (χ0v) is 9.90. The Morgan fingerprint density at radius 3 is 3.12 bits per heavy atom. The van der Waals surface area contributed by atoms with Crippen LogP contribution in [0.25, 0.3) is 0 Å². The zero-order chi connectivity index (χ0) is 11.5. The predicted octanol–water partition coefficient (Wildman–Crippen LogP) is 2.25. The van der Waals surface area contributed by atoms with Crippen LogP contribution >= 0.6 is 0 Å². The van der Waals surface area contributed by atoms with Gasteiger partial charge < -0.3 is 9.42 Å². The molecule has 1 atom stereocenters. The summed E-state index contributed by atoms with van der Waals surface area (Å²) in [5.74, 6) is 1.34. The minimum Gasteiger partial charge on any atom is -0.361 e. The van der Waals surface area contributed by atoms with Crippen molar-refractivity contribution in [3.63, 3.8) is 0 Å². The van der Waals surface area contributed by atoms with E-state index in [9.17, 15) is 4.79 Å². The minimum atomic E-state index is 0.00926. The molecule has 0 spiro atoms. The van der Waals surface area contributed by atoms with E-state index >= 15 is 0 Å². The maximum absolute atomic E-state index is 12.1. The number of aromatic nitrogens is 1. The molecular weight excluding hydrogens is 204 g/mol. The Morgan fingerprint density at radius 2 is 2.50 bits per heavy atom. The van der Waals surface area contributed by atoms with Crippen molar-refractivity contribution in [2.24, 2.45) is 5.92 Å². The van der Waals surface area contributed by atoms with Crippen molar-refractivity contribution in [1.82, 2.24) is 10.1 Å². The van der Waals surface area contributed by atoms with Gasteiger partial charge in [0.05, 0.1) is 0 Å². The summed E-state index contributed by atoms with van der Waals surface area (Å²) in [6.45, 7) is 5.69. The first-order chi connectivity index (χ1) is 7.70. The van der Waals surface area contributed by atoms with Gasteiger partial charge in [-0.05, 0) is 25.7 Å². The highest BCUT2D eigenvalue weighted by Crippen LogP contribution is 2.20. The van der Waals surface area contributed by atoms with Gasteiger partial charge in [-0.15, -0.1) is 0 Å². The van der Waals surface area contributed by atoms with Gasteiger partial charge in [0.1, 0.15) is 5.76 Å². The lowest BCUT2D eigenvalue weighted by Crippen LogP contribution is -2.39. The molecule has 0 aromatic carbocycles. The number of aryl methyl sites for hydroxylation is 1. The predicted molar refractivity (Wildman–Crippen MR) is 60.2 cm³/mol. The summed E-state index contributed by atoms with van der Waals surface area (Å²) < 4.78 is 4.93. The van der Waals surface area contributed by atoms with Crippen LogP contribution in [0, 0.1) is 12.8 Å². The molecule has 4 nitrogen and oxygen atoms in total. The van der Waals surface area contributed by atoms with Crippen LogP contribution in [-0.2, 0) is 0 Å². The molecule has 1 fully saturated rings. The molecule has 0 N–H and O–H groups in total. The molecule has 1 aliphatic rings. The van der Waals surface area contributed by atoms with E-state index in [1.54, 1.807) is 13.0 Å². The van der Waals surface area contributed by atoms with E-state index in [0.29, 0.717) is 17.4 Å². The third kappa shape index (κ3) is 2.26. The van der Waals surface area contributed by atoms with Crippen molar-refractivity contribution in [3.05, 3.63) is 17.5 Å². The molecule has 1 amide bonds. The van der Waals surface area contributed by atoms with Crippen LogP contribution in [0.4, 0.5) is 0 Å². The SMILES string of the molecule is CCC1CCCN(C(=O)c2cc(C)on2)C1. The second kappa shape index (κ2) is 4.68. The third-order valence-electron chi connectivity index (χ3n) is 3.23. The van der Waals surface area contributed by atoms with Crippen molar-refractivity contribution >= 4 is 5.91 Å². The quantitative estimate of drug-likeness (QED) is 0.771. The molecule has 1 aromatic rings. The first kappa shape index (κ1) is 11.2. The Balaban J connectivity index is 2.04. The van der Waals surface area contributed by atoms with Crippen molar-refractivity contribution < 1.29 is 9.32 Å². The molecule has 88 valence electrons. The molecule has 1 aliphatic heterocycles. The van der Waals surface area contributed by atoms with Gasteiger partial charge in [-0.25, -0.2) is 0 Å². The second-order valence-corrected chi connectivity index (χ2v) is 4.49. The third-order valence-corrected chi connectivity index (χ3v) is 3.23. The lowest BCUT2D eigenvalue weighted by molar-refractivity contribution is 0.0660. The van der Waals surface area contributed by atoms with Crippen molar-refractivity contribution in [3.8, 4) is 0 Å². The normalized spacial score (nSPS) is 21.1. The lowest BCUT2D eigenvalue weighted by atomic mass is 9.95. The highest BCUT2D eigenvalue weighted by Gasteiger charge is 2.25. The van der Waals surface area contributed by atoms with Gasteiger partial charge in [-0.1, -0.05) is 18.5 Å². The van der Waals surface area contributed by atoms with Crippen LogP contribution in [0.2, 0.25) is 0 Å². The highest BCUT2D eigenvalue weighted by molar-refractivity contribution is 5.92. The zero-order valence-electron chi connectivity index (χ0n) is 9.90. The molecule has 2 rings (SSSR count). The molecule has 0 radical (unpaired) electrons. The lowest BCUT2D eigenvalue weighted by Gasteiger charge is -2.31. The highest BCUT2D eigenvalue weighted by atomic mass is 16.5. The number of carbonyl (C=O) groups excluding carboxylic acids is 1. The van der Waals surface area contributed by atoms with E-state index in [4.69, 9.17) is 4.52 Å². The van der Waals surface area contributed by atoms with Gasteiger partial charge in [0, 0.05) is 19.2 Å². The molecule has 16 heavy (non-hydrogen) atoms. The number of piperidine rings is 1. The van der Waals surface area contributed by atoms with Gasteiger partial charge in [-0.2, -0.15) is 0 Å². The summed E-state index contributed by atoms with van der Waals surface area (Å²) >= 11 is 0. The van der Waals surface area contributed by atoms with Crippen molar-refractivity contribution in [2.45, 2.75) is 33.1 Å². The van der Waals surface area contributed by atoms with Crippen molar-refractivity contribution in [2.75, 3.05) is 13.1 Å². The first-order valence-electron chi connectivity index (χ1n) is 5.93. The molecule has 0 bridgehead atoms. The van der Waals surface area contributed by atoms with Crippen molar-refractivity contribution in [1.29, 1.82) is 0 Å². The van der Waals surface area contributed by atoms with Gasteiger partial charge in [-0.3, -0.25) is 4.79 Å². The largest absolute Gasteiger partial charge is 0.361 e. The van der Waals surface area contributed by atoms with E-state index in [1.165, 1.54) is 6.42 Å². The van der Waals surface area contributed by atoms with Crippen LogP contribution in [0.15, 0.2) is 10.6 Å². The molecule has 1 saturated heterocycles. The average Bonchev–Trinajstić information content (AvgIpc) is 2.75. The maximum atomic E-state index is 12.1. The Hall–Kier alpha value is -1.32. The average molecular weight is 222 g/mol. The van der Waals surface area contributed by atoms with Gasteiger partial charge >= 0.3 is 0 Å². The summed E-state index contributed by atoms with van der Waals surface area (Å²) in [5, 5.41) is 3.78. The van der Waals surface area contributed by atoms with Crippen LogP contribution in [0.1, 0.15) is 42.4 Å². The Kier molecular flexibility index (Phi) is 3.27. The van der Waals surface area contributed by atoms with E-state index in [-0.39, 0.29) is 5.91 Å². The fourth-order valence-corrected chi connectivity index (χ4v) is 2.21. The first-order valence-corrected chi connectivity index (χ1v) is 5.93. The van der Waals surface area contributed by atoms with Gasteiger partial charge in [0.2, 0.25) is 0 Å². The fourth-order valence-electron chi connectivity index (χ4n) is 2.21. The minimum absolute atomic E-state index is 0.00926. The number of amides is 1. The summed E-state index contributed by atoms with van der Waals surface area (Å²) in [6, 6.07) is 1.71. The molecule has 1 aromatic heterocycles. The number of likely N-dealkylation sites (tertiary alicyclic amines) is 1. The summed E-state index contributed by atoms with van der Waals surface area (Å²) in [6.07, 6.45) is 3.47. The number of hydrogen-bond donors (Lipinski definition) is 0. The molecule has 0 aliphatic carbocycles. The smallest absolute Gasteiger partial charge is 0.276 e. The number of nitrogens with zero attached hydrogens (tertiary/aromatic N) is 2. The van der Waals surface area contributed by atoms with E-state index in [0.717, 1.165) is 25.9 Å². The Labute approximate surface area is 95.6 Å². The monoisotopic (exact) mass is 222 g/mol. The molecular formula is C12H18N2O2. The second-order valence-electron chi connectivity index (χ2n) is 4.49. The fraction of sp³-hybridized carbons (Fsp3) is 0.667. The molecule has 2 heterocycles. The standard InChI is InChI=1S/C12H18N2O2/c1-3-10-5-4-6-14(8-10)12(15)11-7-9(2)16-13-11/h7,10H,3-6,8H2,1-2H3. The maximum Gasteiger partial charge on any atom is 0.276 e. The number of carbonyl (C=O) groups is 1.